The van der Waals surface area contributed by atoms with Gasteiger partial charge in [0.1, 0.15) is 0 Å². The standard InChI is InChI=1S/C7H14.CHNO/c1-2-7-5-3-4-6-7;2-1-3/h7H,2-6H2,1H3;2H. The first-order chi connectivity index (χ1) is 4.85. The summed E-state index contributed by atoms with van der Waals surface area (Å²) >= 11 is 0. The second-order valence-electron chi connectivity index (χ2n) is 2.66. The topological polar surface area (TPSA) is 40.9 Å². The first-order valence-corrected chi connectivity index (χ1v) is 3.89. The molecule has 1 aliphatic rings. The summed E-state index contributed by atoms with van der Waals surface area (Å²) in [6, 6.07) is 0. The highest BCUT2D eigenvalue weighted by molar-refractivity contribution is 5.26. The fourth-order valence-electron chi connectivity index (χ4n) is 1.42. The van der Waals surface area contributed by atoms with Crippen molar-refractivity contribution in [2.24, 2.45) is 5.92 Å². The Kier molecular flexibility index (Phi) is 6.10. The first kappa shape index (κ1) is 9.38. The number of hydrogen-bond donors (Lipinski definition) is 1. The van der Waals surface area contributed by atoms with Crippen molar-refractivity contribution < 1.29 is 4.79 Å². The summed E-state index contributed by atoms with van der Waals surface area (Å²) in [4.78, 5) is 8.35. The van der Waals surface area contributed by atoms with E-state index in [4.69, 9.17) is 10.2 Å². The van der Waals surface area contributed by atoms with Crippen LogP contribution in [0.3, 0.4) is 0 Å². The molecule has 1 rings (SSSR count). The second kappa shape index (κ2) is 6.50. The Morgan fingerprint density at radius 1 is 1.50 bits per heavy atom. The molecular formula is C8H15NO. The van der Waals surface area contributed by atoms with Crippen LogP contribution >= 0.6 is 0 Å². The van der Waals surface area contributed by atoms with Gasteiger partial charge in [-0.25, -0.2) is 10.2 Å². The minimum atomic E-state index is 0.750. The summed E-state index contributed by atoms with van der Waals surface area (Å²) < 4.78 is 0. The van der Waals surface area contributed by atoms with E-state index in [-0.39, 0.29) is 0 Å². The minimum Gasteiger partial charge on any atom is -0.222 e. The van der Waals surface area contributed by atoms with Crippen LogP contribution in [-0.2, 0) is 4.79 Å². The maximum atomic E-state index is 8.35. The molecule has 1 aliphatic carbocycles. The molecule has 0 aromatic heterocycles. The molecule has 0 unspecified atom stereocenters. The van der Waals surface area contributed by atoms with Gasteiger partial charge in [0.2, 0.25) is 6.08 Å². The summed E-state index contributed by atoms with van der Waals surface area (Å²) in [5, 5.41) is 5.40. The number of nitrogens with one attached hydrogen (secondary N) is 1. The van der Waals surface area contributed by atoms with Crippen molar-refractivity contribution in [1.82, 2.24) is 0 Å². The molecule has 0 radical (unpaired) electrons. The average molecular weight is 141 g/mol. The maximum absolute atomic E-state index is 8.35. The lowest BCUT2D eigenvalue weighted by Gasteiger charge is -1.99. The summed E-state index contributed by atoms with van der Waals surface area (Å²) in [7, 11) is 0. The van der Waals surface area contributed by atoms with Gasteiger partial charge in [0, 0.05) is 0 Å². The molecule has 0 spiro atoms. The third-order valence-electron chi connectivity index (χ3n) is 2.05. The molecule has 10 heavy (non-hydrogen) atoms. The molecule has 0 aromatic carbocycles. The Morgan fingerprint density at radius 2 is 1.90 bits per heavy atom. The molecule has 0 aliphatic heterocycles. The number of carbonyl (C=O) groups excluding carboxylic acids is 1. The molecular weight excluding hydrogens is 126 g/mol. The van der Waals surface area contributed by atoms with Crippen molar-refractivity contribution in [3.05, 3.63) is 0 Å². The number of hydrogen-bond acceptors (Lipinski definition) is 2. The quantitative estimate of drug-likeness (QED) is 0.442. The highest BCUT2D eigenvalue weighted by Crippen LogP contribution is 2.26. The maximum Gasteiger partial charge on any atom is 0.231 e. The van der Waals surface area contributed by atoms with Crippen LogP contribution < -0.4 is 0 Å². The van der Waals surface area contributed by atoms with E-state index >= 15 is 0 Å². The van der Waals surface area contributed by atoms with Gasteiger partial charge in [-0.05, 0) is 5.92 Å². The van der Waals surface area contributed by atoms with E-state index in [1.807, 2.05) is 0 Å². The SMILES string of the molecule is CCC1CCCC1.N=C=O. The Hall–Kier alpha value is -0.620. The van der Waals surface area contributed by atoms with Gasteiger partial charge in [0.25, 0.3) is 0 Å². The van der Waals surface area contributed by atoms with Gasteiger partial charge >= 0.3 is 0 Å². The molecule has 1 fully saturated rings. The Bertz CT molecular complexity index is 99.8. The smallest absolute Gasteiger partial charge is 0.222 e. The molecule has 2 nitrogen and oxygen atoms in total. The summed E-state index contributed by atoms with van der Waals surface area (Å²) in [5.74, 6) is 1.10. The largest absolute Gasteiger partial charge is 0.231 e. The second-order valence-corrected chi connectivity index (χ2v) is 2.66. The molecule has 2 heteroatoms. The van der Waals surface area contributed by atoms with E-state index in [1.165, 1.54) is 32.1 Å². The number of isocyanates is 1. The zero-order chi connectivity index (χ0) is 7.82. The molecule has 0 heterocycles. The molecule has 0 saturated heterocycles. The van der Waals surface area contributed by atoms with Crippen molar-refractivity contribution in [1.29, 1.82) is 5.41 Å². The fourth-order valence-corrected chi connectivity index (χ4v) is 1.42. The van der Waals surface area contributed by atoms with Crippen molar-refractivity contribution in [3.8, 4) is 0 Å². The highest BCUT2D eigenvalue weighted by Gasteiger charge is 2.11. The van der Waals surface area contributed by atoms with E-state index < -0.39 is 0 Å². The van der Waals surface area contributed by atoms with Gasteiger partial charge < -0.3 is 0 Å². The van der Waals surface area contributed by atoms with E-state index in [1.54, 1.807) is 0 Å². The van der Waals surface area contributed by atoms with Gasteiger partial charge in [-0.15, -0.1) is 0 Å². The van der Waals surface area contributed by atoms with Gasteiger partial charge in [0.15, 0.2) is 0 Å². The lowest BCUT2D eigenvalue weighted by molar-refractivity contribution is 0.531. The van der Waals surface area contributed by atoms with Crippen LogP contribution in [0.5, 0.6) is 0 Å². The molecule has 0 aromatic rings. The van der Waals surface area contributed by atoms with Gasteiger partial charge in [-0.2, -0.15) is 0 Å². The van der Waals surface area contributed by atoms with Crippen LogP contribution in [0.4, 0.5) is 0 Å². The Morgan fingerprint density at radius 3 is 2.10 bits per heavy atom. The summed E-state index contributed by atoms with van der Waals surface area (Å²) in [6.45, 7) is 2.30. The number of rotatable bonds is 1. The van der Waals surface area contributed by atoms with Crippen LogP contribution in [0.25, 0.3) is 0 Å². The van der Waals surface area contributed by atoms with Crippen molar-refractivity contribution in [3.63, 3.8) is 0 Å². The van der Waals surface area contributed by atoms with Crippen molar-refractivity contribution in [2.75, 3.05) is 0 Å². The zero-order valence-corrected chi connectivity index (χ0v) is 6.52. The Balaban J connectivity index is 0.000000236. The van der Waals surface area contributed by atoms with E-state index in [0.717, 1.165) is 12.0 Å². The molecule has 0 bridgehead atoms. The third kappa shape index (κ3) is 4.28. The minimum absolute atomic E-state index is 0.750. The van der Waals surface area contributed by atoms with Crippen LogP contribution in [-0.4, -0.2) is 6.08 Å². The van der Waals surface area contributed by atoms with Gasteiger partial charge in [-0.3, -0.25) is 0 Å². The third-order valence-corrected chi connectivity index (χ3v) is 2.05. The average Bonchev–Trinajstić information content (AvgIpc) is 2.39. The lowest BCUT2D eigenvalue weighted by atomic mass is 10.1. The summed E-state index contributed by atoms with van der Waals surface area (Å²) in [6.07, 6.45) is 8.18. The normalized spacial score (nSPS) is 17.3. The first-order valence-electron chi connectivity index (χ1n) is 3.89. The van der Waals surface area contributed by atoms with Gasteiger partial charge in [-0.1, -0.05) is 39.0 Å². The van der Waals surface area contributed by atoms with Gasteiger partial charge in [0.05, 0.1) is 0 Å². The summed E-state index contributed by atoms with van der Waals surface area (Å²) in [5.41, 5.74) is 0. The molecule has 1 N–H and O–H groups in total. The predicted octanol–water partition coefficient (Wildman–Crippen LogP) is 2.49. The zero-order valence-electron chi connectivity index (χ0n) is 6.52. The van der Waals surface area contributed by atoms with Crippen molar-refractivity contribution >= 4 is 6.08 Å². The van der Waals surface area contributed by atoms with Crippen LogP contribution in [0.2, 0.25) is 0 Å². The Labute approximate surface area is 62.1 Å². The molecule has 1 saturated carbocycles. The van der Waals surface area contributed by atoms with Crippen LogP contribution in [0, 0.1) is 11.3 Å². The molecule has 58 valence electrons. The van der Waals surface area contributed by atoms with Crippen LogP contribution in [0.15, 0.2) is 0 Å². The van der Waals surface area contributed by atoms with E-state index in [9.17, 15) is 0 Å². The van der Waals surface area contributed by atoms with Crippen molar-refractivity contribution in [2.45, 2.75) is 39.0 Å². The fraction of sp³-hybridized carbons (Fsp3) is 0.875. The monoisotopic (exact) mass is 141 g/mol. The lowest BCUT2D eigenvalue weighted by Crippen LogP contribution is -1.86. The highest BCUT2D eigenvalue weighted by atomic mass is 16.1. The molecule has 0 amide bonds. The van der Waals surface area contributed by atoms with E-state index in [0.29, 0.717) is 0 Å². The van der Waals surface area contributed by atoms with E-state index in [2.05, 4.69) is 6.92 Å². The van der Waals surface area contributed by atoms with Crippen LogP contribution in [0.1, 0.15) is 39.0 Å². The predicted molar refractivity (Wildman–Crippen MR) is 40.7 cm³/mol. The molecule has 0 atom stereocenters.